The van der Waals surface area contributed by atoms with Gasteiger partial charge in [-0.15, -0.1) is 0 Å². The van der Waals surface area contributed by atoms with Gasteiger partial charge in [-0.1, -0.05) is 6.42 Å². The van der Waals surface area contributed by atoms with E-state index in [0.29, 0.717) is 6.04 Å². The molecule has 96 valence electrons. The lowest BCUT2D eigenvalue weighted by molar-refractivity contribution is 0.133. The number of piperidine rings is 1. The lowest BCUT2D eigenvalue weighted by atomic mass is 9.97. The highest BCUT2D eigenvalue weighted by atomic mass is 15.2. The molecule has 18 heavy (non-hydrogen) atoms. The van der Waals surface area contributed by atoms with Gasteiger partial charge in [-0.2, -0.15) is 5.10 Å². The Morgan fingerprint density at radius 2 is 2.39 bits per heavy atom. The first kappa shape index (κ1) is 11.5. The van der Waals surface area contributed by atoms with Crippen molar-refractivity contribution >= 4 is 0 Å². The van der Waals surface area contributed by atoms with Crippen LogP contribution < -0.4 is 0 Å². The van der Waals surface area contributed by atoms with E-state index in [-0.39, 0.29) is 0 Å². The Balaban J connectivity index is 1.80. The van der Waals surface area contributed by atoms with E-state index in [2.05, 4.69) is 32.0 Å². The molecule has 3 rings (SSSR count). The predicted molar refractivity (Wildman–Crippen MR) is 68.9 cm³/mol. The number of hydrogen-bond acceptors (Lipinski definition) is 3. The molecule has 0 bridgehead atoms. The van der Waals surface area contributed by atoms with Gasteiger partial charge in [0.1, 0.15) is 5.82 Å². The van der Waals surface area contributed by atoms with E-state index >= 15 is 0 Å². The minimum Gasteiger partial charge on any atom is -0.348 e. The molecule has 5 heteroatoms. The lowest BCUT2D eigenvalue weighted by Crippen LogP contribution is -2.33. The summed E-state index contributed by atoms with van der Waals surface area (Å²) in [7, 11) is 0. The Labute approximate surface area is 107 Å². The van der Waals surface area contributed by atoms with Crippen LogP contribution in [-0.2, 0) is 6.54 Å². The number of likely N-dealkylation sites (tertiary alicyclic amines) is 1. The topological polar surface area (TPSA) is 60.6 Å². The van der Waals surface area contributed by atoms with E-state index in [1.165, 1.54) is 30.5 Å². The number of imidazole rings is 1. The maximum absolute atomic E-state index is 4.33. The molecule has 1 saturated heterocycles. The second-order valence-electron chi connectivity index (χ2n) is 4.98. The second kappa shape index (κ2) is 4.94. The van der Waals surface area contributed by atoms with Gasteiger partial charge >= 0.3 is 0 Å². The Hall–Kier alpha value is -1.62. The fourth-order valence-corrected chi connectivity index (χ4v) is 2.78. The van der Waals surface area contributed by atoms with Crippen LogP contribution in [0.3, 0.4) is 0 Å². The zero-order chi connectivity index (χ0) is 12.4. The van der Waals surface area contributed by atoms with Crippen molar-refractivity contribution in [1.82, 2.24) is 25.1 Å². The molecule has 0 radical (unpaired) electrons. The van der Waals surface area contributed by atoms with Crippen molar-refractivity contribution in [2.45, 2.75) is 38.8 Å². The summed E-state index contributed by atoms with van der Waals surface area (Å²) in [4.78, 5) is 10.0. The van der Waals surface area contributed by atoms with Crippen molar-refractivity contribution in [2.24, 2.45) is 0 Å². The smallest absolute Gasteiger partial charge is 0.120 e. The number of hydrogen-bond donors (Lipinski definition) is 2. The van der Waals surface area contributed by atoms with E-state index in [1.807, 2.05) is 18.6 Å². The molecule has 1 unspecified atom stereocenters. The summed E-state index contributed by atoms with van der Waals surface area (Å²) in [5.41, 5.74) is 2.52. The molecule has 2 N–H and O–H groups in total. The van der Waals surface area contributed by atoms with Crippen molar-refractivity contribution < 1.29 is 0 Å². The first-order valence-corrected chi connectivity index (χ1v) is 6.57. The molecule has 2 aromatic rings. The van der Waals surface area contributed by atoms with Gasteiger partial charge in [-0.25, -0.2) is 4.98 Å². The Kier molecular flexibility index (Phi) is 3.15. The highest BCUT2D eigenvalue weighted by Gasteiger charge is 2.26. The van der Waals surface area contributed by atoms with Crippen LogP contribution in [0.5, 0.6) is 0 Å². The maximum atomic E-state index is 4.33. The van der Waals surface area contributed by atoms with Crippen LogP contribution in [0.25, 0.3) is 0 Å². The maximum Gasteiger partial charge on any atom is 0.120 e. The molecule has 1 fully saturated rings. The molecule has 1 atom stereocenters. The van der Waals surface area contributed by atoms with Crippen LogP contribution >= 0.6 is 0 Å². The highest BCUT2D eigenvalue weighted by Crippen LogP contribution is 2.31. The second-order valence-corrected chi connectivity index (χ2v) is 4.98. The zero-order valence-corrected chi connectivity index (χ0v) is 10.7. The SMILES string of the molecule is Cc1cn[nH]c1C1CCCCN1Cc1ncc[nH]1. The van der Waals surface area contributed by atoms with Gasteiger partial charge in [0.2, 0.25) is 0 Å². The molecule has 1 aliphatic rings. The monoisotopic (exact) mass is 245 g/mol. The van der Waals surface area contributed by atoms with Crippen molar-refractivity contribution in [2.75, 3.05) is 6.54 Å². The van der Waals surface area contributed by atoms with E-state index in [4.69, 9.17) is 0 Å². The summed E-state index contributed by atoms with van der Waals surface area (Å²) < 4.78 is 0. The average Bonchev–Trinajstić information content (AvgIpc) is 3.02. The van der Waals surface area contributed by atoms with Crippen molar-refractivity contribution in [3.8, 4) is 0 Å². The van der Waals surface area contributed by atoms with E-state index < -0.39 is 0 Å². The van der Waals surface area contributed by atoms with Crippen molar-refractivity contribution in [3.63, 3.8) is 0 Å². The summed E-state index contributed by atoms with van der Waals surface area (Å²) in [6.07, 6.45) is 9.37. The molecule has 2 aromatic heterocycles. The molecule has 3 heterocycles. The molecule has 0 aliphatic carbocycles. The van der Waals surface area contributed by atoms with Crippen LogP contribution in [0, 0.1) is 6.92 Å². The van der Waals surface area contributed by atoms with Gasteiger partial charge < -0.3 is 4.98 Å². The van der Waals surface area contributed by atoms with Gasteiger partial charge in [0.25, 0.3) is 0 Å². The molecular weight excluding hydrogens is 226 g/mol. The number of aromatic nitrogens is 4. The summed E-state index contributed by atoms with van der Waals surface area (Å²) >= 11 is 0. The lowest BCUT2D eigenvalue weighted by Gasteiger charge is -2.34. The van der Waals surface area contributed by atoms with Gasteiger partial charge in [-0.05, 0) is 31.9 Å². The molecular formula is C13H19N5. The summed E-state index contributed by atoms with van der Waals surface area (Å²) in [5.74, 6) is 1.04. The summed E-state index contributed by atoms with van der Waals surface area (Å²) in [5, 5.41) is 7.32. The predicted octanol–water partition coefficient (Wildman–Crippen LogP) is 2.17. The molecule has 5 nitrogen and oxygen atoms in total. The highest BCUT2D eigenvalue weighted by molar-refractivity contribution is 5.18. The normalized spacial score (nSPS) is 21.3. The van der Waals surface area contributed by atoms with Crippen LogP contribution in [0.4, 0.5) is 0 Å². The number of aromatic amines is 2. The molecule has 0 spiro atoms. The number of nitrogens with one attached hydrogen (secondary N) is 2. The first-order chi connectivity index (χ1) is 8.84. The number of nitrogens with zero attached hydrogens (tertiary/aromatic N) is 3. The van der Waals surface area contributed by atoms with Crippen LogP contribution in [0.2, 0.25) is 0 Å². The van der Waals surface area contributed by atoms with Crippen molar-refractivity contribution in [3.05, 3.63) is 35.7 Å². The molecule has 0 saturated carbocycles. The zero-order valence-electron chi connectivity index (χ0n) is 10.7. The Morgan fingerprint density at radius 3 is 3.11 bits per heavy atom. The van der Waals surface area contributed by atoms with Gasteiger partial charge in [0, 0.05) is 12.4 Å². The fraction of sp³-hybridized carbons (Fsp3) is 0.538. The number of aryl methyl sites for hydroxylation is 1. The Bertz CT molecular complexity index is 487. The van der Waals surface area contributed by atoms with Crippen molar-refractivity contribution in [1.29, 1.82) is 0 Å². The standard InChI is InChI=1S/C13H19N5/c1-10-8-16-17-13(10)11-4-2-3-7-18(11)9-12-14-5-6-15-12/h5-6,8,11H,2-4,7,9H2,1H3,(H,14,15)(H,16,17). The quantitative estimate of drug-likeness (QED) is 0.871. The van der Waals surface area contributed by atoms with Gasteiger partial charge in [-0.3, -0.25) is 10.00 Å². The Morgan fingerprint density at radius 1 is 1.44 bits per heavy atom. The first-order valence-electron chi connectivity index (χ1n) is 6.57. The fourth-order valence-electron chi connectivity index (χ4n) is 2.78. The van der Waals surface area contributed by atoms with Crippen LogP contribution in [0.15, 0.2) is 18.6 Å². The third-order valence-electron chi connectivity index (χ3n) is 3.72. The average molecular weight is 245 g/mol. The van der Waals surface area contributed by atoms with Crippen LogP contribution in [-0.4, -0.2) is 31.6 Å². The van der Waals surface area contributed by atoms with Gasteiger partial charge in [0.15, 0.2) is 0 Å². The minimum absolute atomic E-state index is 0.450. The van der Waals surface area contributed by atoms with Crippen LogP contribution in [0.1, 0.15) is 42.4 Å². The van der Waals surface area contributed by atoms with E-state index in [0.717, 1.165) is 18.9 Å². The largest absolute Gasteiger partial charge is 0.348 e. The third kappa shape index (κ3) is 2.18. The number of rotatable bonds is 3. The molecule has 0 amide bonds. The summed E-state index contributed by atoms with van der Waals surface area (Å²) in [6.45, 7) is 4.14. The number of H-pyrrole nitrogens is 2. The third-order valence-corrected chi connectivity index (χ3v) is 3.72. The van der Waals surface area contributed by atoms with E-state index in [9.17, 15) is 0 Å². The summed E-state index contributed by atoms with van der Waals surface area (Å²) in [6, 6.07) is 0.450. The molecule has 1 aliphatic heterocycles. The molecule has 0 aromatic carbocycles. The van der Waals surface area contributed by atoms with E-state index in [1.54, 1.807) is 0 Å². The minimum atomic E-state index is 0.450. The van der Waals surface area contributed by atoms with Gasteiger partial charge in [0.05, 0.1) is 24.5 Å².